The van der Waals surface area contributed by atoms with Gasteiger partial charge in [0.05, 0.1) is 0 Å². The van der Waals surface area contributed by atoms with Crippen LogP contribution in [0.3, 0.4) is 0 Å². The van der Waals surface area contributed by atoms with E-state index in [1.165, 1.54) is 18.4 Å². The number of anilines is 1. The quantitative estimate of drug-likeness (QED) is 0.779. The van der Waals surface area contributed by atoms with E-state index in [-0.39, 0.29) is 11.9 Å². The van der Waals surface area contributed by atoms with Gasteiger partial charge >= 0.3 is 0 Å². The van der Waals surface area contributed by atoms with Crippen molar-refractivity contribution in [3.63, 3.8) is 0 Å². The van der Waals surface area contributed by atoms with Gasteiger partial charge in [-0.3, -0.25) is 19.7 Å². The summed E-state index contributed by atoms with van der Waals surface area (Å²) >= 11 is 0. The number of ether oxygens (including phenoxy) is 1. The van der Waals surface area contributed by atoms with Crippen molar-refractivity contribution < 1.29 is 9.53 Å². The van der Waals surface area contributed by atoms with E-state index in [0.717, 1.165) is 54.9 Å². The molecule has 3 aliphatic rings. The van der Waals surface area contributed by atoms with Crippen LogP contribution in [0.1, 0.15) is 36.8 Å². The molecule has 0 unspecified atom stereocenters. The predicted molar refractivity (Wildman–Crippen MR) is 121 cm³/mol. The van der Waals surface area contributed by atoms with Crippen LogP contribution in [-0.4, -0.2) is 60.5 Å². The fourth-order valence-electron chi connectivity index (χ4n) is 4.58. The summed E-state index contributed by atoms with van der Waals surface area (Å²) in [4.78, 5) is 24.5. The minimum atomic E-state index is -0.104. The van der Waals surface area contributed by atoms with Gasteiger partial charge in [0.2, 0.25) is 0 Å². The first-order valence-electron chi connectivity index (χ1n) is 11.2. The molecule has 0 bridgehead atoms. The maximum atomic E-state index is 13.0. The lowest BCUT2D eigenvalue weighted by Gasteiger charge is -2.25. The predicted octanol–water partition coefficient (Wildman–Crippen LogP) is 2.81. The molecule has 0 spiro atoms. The number of amides is 1. The molecule has 31 heavy (non-hydrogen) atoms. The van der Waals surface area contributed by atoms with Crippen molar-refractivity contribution in [3.05, 3.63) is 47.8 Å². The number of fused-ring (bicyclic) bond motifs is 1. The van der Waals surface area contributed by atoms with E-state index in [1.54, 1.807) is 0 Å². The molecule has 2 fully saturated rings. The minimum absolute atomic E-state index is 0.104. The Labute approximate surface area is 182 Å². The highest BCUT2D eigenvalue weighted by molar-refractivity contribution is 6.47. The van der Waals surface area contributed by atoms with Gasteiger partial charge in [-0.1, -0.05) is 6.07 Å². The Hall–Kier alpha value is -2.77. The topological polar surface area (TPSA) is 78.8 Å². The minimum Gasteiger partial charge on any atom is -0.381 e. The number of aliphatic imine (C=N–C) groups is 1. The van der Waals surface area contributed by atoms with Crippen LogP contribution in [0, 0.1) is 0 Å². The second-order valence-electron chi connectivity index (χ2n) is 8.53. The third kappa shape index (κ3) is 4.62. The first-order valence-corrected chi connectivity index (χ1v) is 11.2. The molecule has 0 radical (unpaired) electrons. The molecule has 7 heteroatoms. The van der Waals surface area contributed by atoms with Crippen LogP contribution in [0.25, 0.3) is 11.1 Å². The standard InChI is InChI=1S/C24H29N5O2/c30-24(28-20-5-9-31-10-6-20)23-21-12-18(3-4-22(21)26-16-27-23)19-11-17(13-25-14-19)15-29-7-1-2-8-29/h3-4,11-14,20,26H,1-2,5-10,15-16H2,(H,28,30). The third-order valence-electron chi connectivity index (χ3n) is 6.29. The van der Waals surface area contributed by atoms with Crippen LogP contribution in [0.2, 0.25) is 0 Å². The number of nitrogens with zero attached hydrogens (tertiary/aromatic N) is 3. The first-order chi connectivity index (χ1) is 15.3. The number of aromatic nitrogens is 1. The number of hydrogen-bond acceptors (Lipinski definition) is 6. The average Bonchev–Trinajstić information content (AvgIpc) is 3.32. The lowest BCUT2D eigenvalue weighted by Crippen LogP contribution is -2.43. The number of hydrogen-bond donors (Lipinski definition) is 2. The lowest BCUT2D eigenvalue weighted by atomic mass is 9.97. The van der Waals surface area contributed by atoms with Crippen molar-refractivity contribution in [1.82, 2.24) is 15.2 Å². The van der Waals surface area contributed by atoms with Crippen LogP contribution in [0.15, 0.2) is 41.7 Å². The summed E-state index contributed by atoms with van der Waals surface area (Å²) < 4.78 is 5.40. The van der Waals surface area contributed by atoms with Crippen molar-refractivity contribution in [2.24, 2.45) is 4.99 Å². The summed E-state index contributed by atoms with van der Waals surface area (Å²) in [6.45, 7) is 5.07. The average molecular weight is 420 g/mol. The van der Waals surface area contributed by atoms with Gasteiger partial charge < -0.3 is 15.4 Å². The molecule has 7 nitrogen and oxygen atoms in total. The van der Waals surface area contributed by atoms with Crippen LogP contribution < -0.4 is 10.6 Å². The zero-order valence-corrected chi connectivity index (χ0v) is 17.8. The Morgan fingerprint density at radius 3 is 2.81 bits per heavy atom. The molecule has 0 saturated carbocycles. The van der Waals surface area contributed by atoms with Gasteiger partial charge in [-0.15, -0.1) is 0 Å². The second kappa shape index (κ2) is 9.16. The summed E-state index contributed by atoms with van der Waals surface area (Å²) in [7, 11) is 0. The van der Waals surface area contributed by atoms with Crippen LogP contribution >= 0.6 is 0 Å². The smallest absolute Gasteiger partial charge is 0.270 e. The molecule has 4 heterocycles. The number of rotatable bonds is 5. The highest BCUT2D eigenvalue weighted by Crippen LogP contribution is 2.28. The van der Waals surface area contributed by atoms with Gasteiger partial charge in [-0.25, -0.2) is 0 Å². The van der Waals surface area contributed by atoms with E-state index < -0.39 is 0 Å². The van der Waals surface area contributed by atoms with Crippen molar-refractivity contribution in [2.75, 3.05) is 38.3 Å². The number of carbonyl (C=O) groups is 1. The Bertz CT molecular complexity index is 978. The van der Waals surface area contributed by atoms with Gasteiger partial charge in [0.1, 0.15) is 12.4 Å². The lowest BCUT2D eigenvalue weighted by molar-refractivity contribution is -0.116. The third-order valence-corrected chi connectivity index (χ3v) is 6.29. The maximum Gasteiger partial charge on any atom is 0.270 e. The van der Waals surface area contributed by atoms with E-state index in [0.29, 0.717) is 25.6 Å². The fourth-order valence-corrected chi connectivity index (χ4v) is 4.58. The van der Waals surface area contributed by atoms with E-state index in [4.69, 9.17) is 4.74 Å². The van der Waals surface area contributed by atoms with Crippen molar-refractivity contribution in [2.45, 2.75) is 38.3 Å². The van der Waals surface area contributed by atoms with E-state index in [9.17, 15) is 4.79 Å². The zero-order valence-electron chi connectivity index (χ0n) is 17.8. The van der Waals surface area contributed by atoms with Crippen LogP contribution in [0.4, 0.5) is 5.69 Å². The first kappa shape index (κ1) is 20.2. The summed E-state index contributed by atoms with van der Waals surface area (Å²) in [5, 5.41) is 6.42. The molecular weight excluding hydrogens is 390 g/mol. The summed E-state index contributed by atoms with van der Waals surface area (Å²) in [6, 6.07) is 8.54. The van der Waals surface area contributed by atoms with E-state index >= 15 is 0 Å². The second-order valence-corrected chi connectivity index (χ2v) is 8.53. The van der Waals surface area contributed by atoms with Gasteiger partial charge in [-0.2, -0.15) is 0 Å². The van der Waals surface area contributed by atoms with Crippen molar-refractivity contribution in [3.8, 4) is 11.1 Å². The maximum absolute atomic E-state index is 13.0. The Kier molecular flexibility index (Phi) is 5.95. The molecule has 2 saturated heterocycles. The van der Waals surface area contributed by atoms with Crippen molar-refractivity contribution in [1.29, 1.82) is 0 Å². The van der Waals surface area contributed by atoms with Crippen LogP contribution in [-0.2, 0) is 16.1 Å². The molecule has 0 aliphatic carbocycles. The molecule has 3 aliphatic heterocycles. The zero-order chi connectivity index (χ0) is 21.0. The van der Waals surface area contributed by atoms with Crippen LogP contribution in [0.5, 0.6) is 0 Å². The Morgan fingerprint density at radius 2 is 1.97 bits per heavy atom. The molecule has 0 atom stereocenters. The number of likely N-dealkylation sites (tertiary alicyclic amines) is 1. The highest BCUT2D eigenvalue weighted by Gasteiger charge is 2.24. The normalized spacial score (nSPS) is 19.4. The van der Waals surface area contributed by atoms with Gasteiger partial charge in [0, 0.05) is 55.0 Å². The number of carbonyl (C=O) groups excluding carboxylic acids is 1. The van der Waals surface area contributed by atoms with Gasteiger partial charge in [-0.05, 0) is 68.1 Å². The van der Waals surface area contributed by atoms with Gasteiger partial charge in [0.15, 0.2) is 0 Å². The highest BCUT2D eigenvalue weighted by atomic mass is 16.5. The molecule has 1 aromatic carbocycles. The molecule has 2 aromatic rings. The van der Waals surface area contributed by atoms with E-state index in [2.05, 4.69) is 43.7 Å². The number of pyridine rings is 1. The number of nitrogens with one attached hydrogen (secondary N) is 2. The van der Waals surface area contributed by atoms with Gasteiger partial charge in [0.25, 0.3) is 5.91 Å². The summed E-state index contributed by atoms with van der Waals surface area (Å²) in [5.74, 6) is -0.104. The molecule has 1 aromatic heterocycles. The number of benzene rings is 1. The molecule has 162 valence electrons. The molecule has 2 N–H and O–H groups in total. The summed E-state index contributed by atoms with van der Waals surface area (Å²) in [6.07, 6.45) is 8.10. The largest absolute Gasteiger partial charge is 0.381 e. The fraction of sp³-hybridized carbons (Fsp3) is 0.458. The molecular formula is C24H29N5O2. The molecule has 5 rings (SSSR count). The van der Waals surface area contributed by atoms with E-state index in [1.807, 2.05) is 18.5 Å². The Balaban J connectivity index is 1.37. The molecule has 1 amide bonds. The SMILES string of the molecule is O=C(NC1CCOCC1)C1=NCNc2ccc(-c3cncc(CN4CCCC4)c3)cc21. The monoisotopic (exact) mass is 419 g/mol. The van der Waals surface area contributed by atoms with Crippen molar-refractivity contribution >= 4 is 17.3 Å². The Morgan fingerprint density at radius 1 is 1.13 bits per heavy atom. The summed E-state index contributed by atoms with van der Waals surface area (Å²) in [5.41, 5.74) is 5.62.